The van der Waals surface area contributed by atoms with Gasteiger partial charge in [-0.1, -0.05) is 29.5 Å². The second-order valence-electron chi connectivity index (χ2n) is 8.07. The van der Waals surface area contributed by atoms with Gasteiger partial charge in [0.25, 0.3) is 0 Å². The molecule has 2 heterocycles. The first kappa shape index (κ1) is 25.4. The van der Waals surface area contributed by atoms with Crippen LogP contribution in [0.2, 0.25) is 0 Å². The summed E-state index contributed by atoms with van der Waals surface area (Å²) in [6, 6.07) is 14.0. The minimum atomic E-state index is 0. The first-order chi connectivity index (χ1) is 15.6. The minimum Gasteiger partial charge on any atom is -0.494 e. The molecule has 1 saturated heterocycles. The monoisotopic (exact) mass is 489 g/mol. The number of halogens is 1. The van der Waals surface area contributed by atoms with Crippen molar-refractivity contribution in [1.29, 1.82) is 0 Å². The van der Waals surface area contributed by atoms with Gasteiger partial charge in [0.1, 0.15) is 5.75 Å². The summed E-state index contributed by atoms with van der Waals surface area (Å²) in [5.41, 5.74) is 3.13. The van der Waals surface area contributed by atoms with Crippen molar-refractivity contribution in [3.8, 4) is 5.75 Å². The highest BCUT2D eigenvalue weighted by molar-refractivity contribution is 7.22. The molecule has 1 amide bonds. The van der Waals surface area contributed by atoms with Crippen LogP contribution in [0.15, 0.2) is 42.5 Å². The van der Waals surface area contributed by atoms with Crippen molar-refractivity contribution in [3.63, 3.8) is 0 Å². The topological polar surface area (TPSA) is 54.9 Å². The molecule has 178 valence electrons. The molecule has 0 bridgehead atoms. The Balaban J connectivity index is 0.00000306. The molecule has 33 heavy (non-hydrogen) atoms. The Morgan fingerprint density at radius 1 is 1.18 bits per heavy atom. The normalized spacial score (nSPS) is 14.1. The third-order valence-corrected chi connectivity index (χ3v) is 6.66. The molecule has 0 N–H and O–H groups in total. The Hall–Kier alpha value is -2.19. The number of hydrogen-bond acceptors (Lipinski definition) is 6. The quantitative estimate of drug-likeness (QED) is 0.435. The molecular weight excluding hydrogens is 458 g/mol. The van der Waals surface area contributed by atoms with E-state index in [1.54, 1.807) is 11.3 Å². The van der Waals surface area contributed by atoms with Gasteiger partial charge in [-0.3, -0.25) is 14.6 Å². The van der Waals surface area contributed by atoms with Crippen molar-refractivity contribution in [1.82, 2.24) is 9.88 Å². The molecule has 1 aromatic heterocycles. The zero-order valence-electron chi connectivity index (χ0n) is 19.3. The number of carbonyl (C=O) groups is 1. The zero-order chi connectivity index (χ0) is 22.3. The fourth-order valence-electron chi connectivity index (χ4n) is 3.88. The average Bonchev–Trinajstić information content (AvgIpc) is 3.21. The predicted octanol–water partition coefficient (Wildman–Crippen LogP) is 4.72. The Morgan fingerprint density at radius 3 is 2.67 bits per heavy atom. The SMILES string of the molecule is CCOc1ccc(CC(=O)N(CCCN2CCOCC2)c2nc3ccc(C)cc3s2)cc1.Cl. The van der Waals surface area contributed by atoms with E-state index in [4.69, 9.17) is 14.5 Å². The van der Waals surface area contributed by atoms with E-state index in [-0.39, 0.29) is 18.3 Å². The summed E-state index contributed by atoms with van der Waals surface area (Å²) in [5.74, 6) is 0.902. The molecule has 1 aliphatic heterocycles. The smallest absolute Gasteiger partial charge is 0.233 e. The molecule has 1 aliphatic rings. The van der Waals surface area contributed by atoms with Gasteiger partial charge in [-0.25, -0.2) is 4.98 Å². The molecule has 1 fully saturated rings. The first-order valence-electron chi connectivity index (χ1n) is 11.3. The van der Waals surface area contributed by atoms with Gasteiger partial charge in [0.15, 0.2) is 5.13 Å². The highest BCUT2D eigenvalue weighted by Gasteiger charge is 2.21. The van der Waals surface area contributed by atoms with Crippen LogP contribution in [0.5, 0.6) is 5.75 Å². The van der Waals surface area contributed by atoms with E-state index in [0.717, 1.165) is 65.9 Å². The van der Waals surface area contributed by atoms with Crippen LogP contribution in [0.1, 0.15) is 24.5 Å². The van der Waals surface area contributed by atoms with Gasteiger partial charge in [-0.15, -0.1) is 12.4 Å². The number of nitrogens with zero attached hydrogens (tertiary/aromatic N) is 3. The molecule has 0 unspecified atom stereocenters. The van der Waals surface area contributed by atoms with Gasteiger partial charge in [0.05, 0.1) is 36.5 Å². The number of morpholine rings is 1. The molecule has 4 rings (SSSR count). The van der Waals surface area contributed by atoms with Crippen LogP contribution >= 0.6 is 23.7 Å². The molecular formula is C25H32ClN3O3S. The molecule has 0 aliphatic carbocycles. The standard InChI is InChI=1S/C25H31N3O3S.ClH/c1-3-31-21-8-6-20(7-9-21)18-24(29)28(12-4-11-27-13-15-30-16-14-27)25-26-22-10-5-19(2)17-23(22)32-25;/h5-10,17H,3-4,11-16,18H2,1-2H3;1H. The Morgan fingerprint density at radius 2 is 1.94 bits per heavy atom. The third-order valence-electron chi connectivity index (χ3n) is 5.61. The number of benzene rings is 2. The summed E-state index contributed by atoms with van der Waals surface area (Å²) in [4.78, 5) is 22.4. The number of anilines is 1. The average molecular weight is 490 g/mol. The minimum absolute atomic E-state index is 0. The number of fused-ring (bicyclic) bond motifs is 1. The summed E-state index contributed by atoms with van der Waals surface area (Å²) in [6.45, 7) is 9.79. The van der Waals surface area contributed by atoms with E-state index in [0.29, 0.717) is 19.6 Å². The van der Waals surface area contributed by atoms with Crippen molar-refractivity contribution in [2.24, 2.45) is 0 Å². The highest BCUT2D eigenvalue weighted by atomic mass is 35.5. The van der Waals surface area contributed by atoms with Crippen molar-refractivity contribution in [2.45, 2.75) is 26.7 Å². The fourth-order valence-corrected chi connectivity index (χ4v) is 4.99. The lowest BCUT2D eigenvalue weighted by Crippen LogP contribution is -2.39. The Kier molecular flexibility index (Phi) is 9.50. The van der Waals surface area contributed by atoms with E-state index in [9.17, 15) is 4.79 Å². The highest BCUT2D eigenvalue weighted by Crippen LogP contribution is 2.30. The van der Waals surface area contributed by atoms with Crippen LogP contribution in [0.3, 0.4) is 0 Å². The number of hydrogen-bond donors (Lipinski definition) is 0. The molecule has 6 nitrogen and oxygen atoms in total. The summed E-state index contributed by atoms with van der Waals surface area (Å²) in [6.07, 6.45) is 1.25. The van der Waals surface area contributed by atoms with Gasteiger partial charge in [0, 0.05) is 26.2 Å². The molecule has 8 heteroatoms. The number of rotatable bonds is 9. The van der Waals surface area contributed by atoms with Crippen LogP contribution in [0.25, 0.3) is 10.2 Å². The number of aryl methyl sites for hydroxylation is 1. The number of ether oxygens (including phenoxy) is 2. The number of carbonyl (C=O) groups excluding carboxylic acids is 1. The third kappa shape index (κ3) is 6.90. The first-order valence-corrected chi connectivity index (χ1v) is 12.1. The predicted molar refractivity (Wildman–Crippen MR) is 137 cm³/mol. The summed E-state index contributed by atoms with van der Waals surface area (Å²) in [7, 11) is 0. The van der Waals surface area contributed by atoms with Crippen LogP contribution in [-0.2, 0) is 16.0 Å². The van der Waals surface area contributed by atoms with E-state index in [2.05, 4.69) is 24.0 Å². The van der Waals surface area contributed by atoms with Crippen LogP contribution in [-0.4, -0.2) is 61.8 Å². The van der Waals surface area contributed by atoms with Crippen LogP contribution < -0.4 is 9.64 Å². The maximum absolute atomic E-state index is 13.4. The molecule has 0 saturated carbocycles. The number of aromatic nitrogens is 1. The Labute approximate surface area is 205 Å². The van der Waals surface area contributed by atoms with E-state index >= 15 is 0 Å². The molecule has 2 aromatic carbocycles. The van der Waals surface area contributed by atoms with Gasteiger partial charge in [0.2, 0.25) is 5.91 Å². The second-order valence-corrected chi connectivity index (χ2v) is 9.08. The molecule has 0 spiro atoms. The maximum Gasteiger partial charge on any atom is 0.233 e. The lowest BCUT2D eigenvalue weighted by atomic mass is 10.1. The molecule has 0 radical (unpaired) electrons. The van der Waals surface area contributed by atoms with Gasteiger partial charge in [-0.2, -0.15) is 0 Å². The van der Waals surface area contributed by atoms with E-state index < -0.39 is 0 Å². The fraction of sp³-hybridized carbons (Fsp3) is 0.440. The molecule has 0 atom stereocenters. The van der Waals surface area contributed by atoms with Crippen molar-refractivity contribution in [3.05, 3.63) is 53.6 Å². The van der Waals surface area contributed by atoms with Gasteiger partial charge in [-0.05, 0) is 55.7 Å². The largest absolute Gasteiger partial charge is 0.494 e. The van der Waals surface area contributed by atoms with Crippen molar-refractivity contribution in [2.75, 3.05) is 50.9 Å². The summed E-state index contributed by atoms with van der Waals surface area (Å²) < 4.78 is 12.1. The van der Waals surface area contributed by atoms with E-state index in [1.807, 2.05) is 42.2 Å². The van der Waals surface area contributed by atoms with Crippen molar-refractivity contribution >= 4 is 45.0 Å². The zero-order valence-corrected chi connectivity index (χ0v) is 20.9. The lowest BCUT2D eigenvalue weighted by molar-refractivity contribution is -0.118. The second kappa shape index (κ2) is 12.3. The lowest BCUT2D eigenvalue weighted by Gasteiger charge is -2.27. The van der Waals surface area contributed by atoms with Crippen molar-refractivity contribution < 1.29 is 14.3 Å². The Bertz CT molecular complexity index is 1040. The van der Waals surface area contributed by atoms with Gasteiger partial charge >= 0.3 is 0 Å². The van der Waals surface area contributed by atoms with E-state index in [1.165, 1.54) is 5.56 Å². The molecule has 3 aromatic rings. The summed E-state index contributed by atoms with van der Waals surface area (Å²) in [5, 5.41) is 0.781. The van der Waals surface area contributed by atoms with Crippen LogP contribution in [0, 0.1) is 6.92 Å². The van der Waals surface area contributed by atoms with Crippen LogP contribution in [0.4, 0.5) is 5.13 Å². The maximum atomic E-state index is 13.4. The van der Waals surface area contributed by atoms with Gasteiger partial charge < -0.3 is 9.47 Å². The number of amides is 1. The number of thiazole rings is 1. The summed E-state index contributed by atoms with van der Waals surface area (Å²) >= 11 is 1.59.